The molecule has 126 valence electrons. The molecule has 0 saturated carbocycles. The van der Waals surface area contributed by atoms with Gasteiger partial charge in [0.05, 0.1) is 23.4 Å². The van der Waals surface area contributed by atoms with E-state index in [2.05, 4.69) is 37.1 Å². The molecule has 4 rings (SSSR count). The molecule has 1 aromatic carbocycles. The lowest BCUT2D eigenvalue weighted by atomic mass is 10.1. The molecule has 0 unspecified atom stereocenters. The Bertz CT molecular complexity index is 1000. The van der Waals surface area contributed by atoms with Crippen LogP contribution in [-0.2, 0) is 6.54 Å². The second-order valence-corrected chi connectivity index (χ2v) is 5.94. The predicted molar refractivity (Wildman–Crippen MR) is 96.4 cm³/mol. The molecule has 0 saturated heterocycles. The highest BCUT2D eigenvalue weighted by molar-refractivity contribution is 5.73. The summed E-state index contributed by atoms with van der Waals surface area (Å²) in [5.41, 5.74) is 5.83. The minimum atomic E-state index is 0.721. The zero-order valence-corrected chi connectivity index (χ0v) is 14.2. The largest absolute Gasteiger partial charge is 0.380 e. The van der Waals surface area contributed by atoms with Crippen molar-refractivity contribution in [2.24, 2.45) is 0 Å². The summed E-state index contributed by atoms with van der Waals surface area (Å²) >= 11 is 0. The van der Waals surface area contributed by atoms with Gasteiger partial charge >= 0.3 is 0 Å². The Morgan fingerprint density at radius 3 is 2.68 bits per heavy atom. The van der Waals surface area contributed by atoms with Gasteiger partial charge in [0.15, 0.2) is 0 Å². The van der Waals surface area contributed by atoms with Crippen molar-refractivity contribution in [3.05, 3.63) is 60.4 Å². The number of nitrogens with zero attached hydrogens (tertiary/aromatic N) is 6. The third kappa shape index (κ3) is 2.96. The van der Waals surface area contributed by atoms with Crippen LogP contribution in [0.4, 0.5) is 5.69 Å². The first-order valence-electron chi connectivity index (χ1n) is 8.21. The second-order valence-electron chi connectivity index (χ2n) is 5.94. The molecule has 3 aromatic heterocycles. The van der Waals surface area contributed by atoms with Gasteiger partial charge in [0.25, 0.3) is 0 Å². The number of nitrogens with one attached hydrogen (secondary N) is 1. The Labute approximate surface area is 145 Å². The second kappa shape index (κ2) is 6.35. The lowest BCUT2D eigenvalue weighted by Crippen LogP contribution is -2.12. The first-order valence-corrected chi connectivity index (χ1v) is 8.21. The molecule has 0 spiro atoms. The molecule has 0 bridgehead atoms. The van der Waals surface area contributed by atoms with Gasteiger partial charge in [-0.05, 0) is 19.9 Å². The molecular weight excluding hydrogens is 314 g/mol. The van der Waals surface area contributed by atoms with Crippen molar-refractivity contribution < 1.29 is 0 Å². The van der Waals surface area contributed by atoms with Crippen molar-refractivity contribution in [1.29, 1.82) is 0 Å². The van der Waals surface area contributed by atoms with Crippen LogP contribution in [0.1, 0.15) is 11.4 Å². The molecule has 7 heteroatoms. The van der Waals surface area contributed by atoms with Crippen molar-refractivity contribution in [3.8, 4) is 11.3 Å². The van der Waals surface area contributed by atoms with E-state index >= 15 is 0 Å². The van der Waals surface area contributed by atoms with Crippen LogP contribution in [0.3, 0.4) is 0 Å². The average Bonchev–Trinajstić information content (AvgIpc) is 3.24. The molecule has 25 heavy (non-hydrogen) atoms. The number of aromatic nitrogens is 6. The first-order chi connectivity index (χ1) is 12.2. The lowest BCUT2D eigenvalue weighted by molar-refractivity contribution is 0.705. The Morgan fingerprint density at radius 2 is 1.92 bits per heavy atom. The van der Waals surface area contributed by atoms with E-state index in [4.69, 9.17) is 0 Å². The van der Waals surface area contributed by atoms with Crippen LogP contribution in [-0.4, -0.2) is 35.9 Å². The smallest absolute Gasteiger partial charge is 0.200 e. The van der Waals surface area contributed by atoms with E-state index in [1.807, 2.05) is 49.6 Å². The molecule has 0 radical (unpaired) electrons. The lowest BCUT2D eigenvalue weighted by Gasteiger charge is -2.11. The number of imidazole rings is 1. The van der Waals surface area contributed by atoms with E-state index in [1.54, 1.807) is 10.8 Å². The normalized spacial score (nSPS) is 11.1. The van der Waals surface area contributed by atoms with Crippen LogP contribution >= 0.6 is 0 Å². The van der Waals surface area contributed by atoms with Crippen LogP contribution < -0.4 is 5.32 Å². The standard InChI is InChI=1S/C18H19N7/c1-13-14(2)24(11-20-13)9-8-19-17-10-16(15-6-4-3-5-7-15)23-25-12-21-22-18(17)25/h3-7,10-12,19H,8-9H2,1-2H3. The fourth-order valence-corrected chi connectivity index (χ4v) is 2.79. The van der Waals surface area contributed by atoms with Crippen LogP contribution in [0.2, 0.25) is 0 Å². The maximum atomic E-state index is 4.59. The molecule has 0 amide bonds. The molecule has 7 nitrogen and oxygen atoms in total. The molecular formula is C18H19N7. The van der Waals surface area contributed by atoms with Gasteiger partial charge in [0, 0.05) is 24.3 Å². The fourth-order valence-electron chi connectivity index (χ4n) is 2.79. The molecule has 0 fully saturated rings. The van der Waals surface area contributed by atoms with Crippen molar-refractivity contribution in [2.75, 3.05) is 11.9 Å². The SMILES string of the molecule is Cc1ncn(CCNc2cc(-c3ccccc3)nn3cnnc23)c1C. The van der Waals surface area contributed by atoms with E-state index in [-0.39, 0.29) is 0 Å². The van der Waals surface area contributed by atoms with E-state index < -0.39 is 0 Å². The molecule has 3 heterocycles. The third-order valence-electron chi connectivity index (χ3n) is 4.35. The van der Waals surface area contributed by atoms with Crippen molar-refractivity contribution in [3.63, 3.8) is 0 Å². The predicted octanol–water partition coefficient (Wildman–Crippen LogP) is 2.72. The number of hydrogen-bond acceptors (Lipinski definition) is 5. The van der Waals surface area contributed by atoms with Crippen molar-refractivity contribution in [2.45, 2.75) is 20.4 Å². The van der Waals surface area contributed by atoms with Gasteiger partial charge < -0.3 is 9.88 Å². The summed E-state index contributed by atoms with van der Waals surface area (Å²) < 4.78 is 3.85. The quantitative estimate of drug-likeness (QED) is 0.608. The van der Waals surface area contributed by atoms with Gasteiger partial charge in [-0.1, -0.05) is 30.3 Å². The zero-order chi connectivity index (χ0) is 17.2. The number of rotatable bonds is 5. The molecule has 4 aromatic rings. The topological polar surface area (TPSA) is 72.9 Å². The van der Waals surface area contributed by atoms with Gasteiger partial charge in [0.2, 0.25) is 5.65 Å². The highest BCUT2D eigenvalue weighted by Crippen LogP contribution is 2.22. The molecule has 0 aliphatic rings. The third-order valence-corrected chi connectivity index (χ3v) is 4.35. The van der Waals surface area contributed by atoms with Gasteiger partial charge in [-0.15, -0.1) is 10.2 Å². The molecule has 0 aliphatic heterocycles. The molecule has 1 N–H and O–H groups in total. The summed E-state index contributed by atoms with van der Waals surface area (Å²) in [6, 6.07) is 12.1. The molecule has 0 aliphatic carbocycles. The summed E-state index contributed by atoms with van der Waals surface area (Å²) in [5, 5.41) is 16.2. The number of fused-ring (bicyclic) bond motifs is 1. The van der Waals surface area contributed by atoms with Crippen LogP contribution in [0.5, 0.6) is 0 Å². The summed E-state index contributed by atoms with van der Waals surface area (Å²) in [6.45, 7) is 5.69. The van der Waals surface area contributed by atoms with E-state index in [1.165, 1.54) is 5.69 Å². The van der Waals surface area contributed by atoms with E-state index in [9.17, 15) is 0 Å². The monoisotopic (exact) mass is 333 g/mol. The maximum Gasteiger partial charge on any atom is 0.200 e. The number of anilines is 1. The Balaban J connectivity index is 1.60. The van der Waals surface area contributed by atoms with Crippen LogP contribution in [0, 0.1) is 13.8 Å². The number of benzene rings is 1. The summed E-state index contributed by atoms with van der Waals surface area (Å²) in [5.74, 6) is 0. The molecule has 0 atom stereocenters. The Kier molecular flexibility index (Phi) is 3.89. The summed E-state index contributed by atoms with van der Waals surface area (Å²) in [6.07, 6.45) is 3.50. The minimum Gasteiger partial charge on any atom is -0.380 e. The van der Waals surface area contributed by atoms with Gasteiger partial charge in [-0.2, -0.15) is 9.61 Å². The van der Waals surface area contributed by atoms with Crippen molar-refractivity contribution >= 4 is 11.3 Å². The highest BCUT2D eigenvalue weighted by atomic mass is 15.3. The zero-order valence-electron chi connectivity index (χ0n) is 14.2. The van der Waals surface area contributed by atoms with Crippen LogP contribution in [0.15, 0.2) is 49.1 Å². The average molecular weight is 333 g/mol. The van der Waals surface area contributed by atoms with Crippen LogP contribution in [0.25, 0.3) is 16.9 Å². The highest BCUT2D eigenvalue weighted by Gasteiger charge is 2.09. The van der Waals surface area contributed by atoms with Gasteiger partial charge in [-0.25, -0.2) is 4.98 Å². The van der Waals surface area contributed by atoms with Gasteiger partial charge in [0.1, 0.15) is 6.33 Å². The number of hydrogen-bond donors (Lipinski definition) is 1. The van der Waals surface area contributed by atoms with Crippen molar-refractivity contribution in [1.82, 2.24) is 29.4 Å². The van der Waals surface area contributed by atoms with E-state index in [0.717, 1.165) is 41.4 Å². The fraction of sp³-hybridized carbons (Fsp3) is 0.222. The first kappa shape index (κ1) is 15.3. The Hall–Kier alpha value is -3.22. The van der Waals surface area contributed by atoms with E-state index in [0.29, 0.717) is 0 Å². The number of aryl methyl sites for hydroxylation is 1. The van der Waals surface area contributed by atoms with Gasteiger partial charge in [-0.3, -0.25) is 0 Å². The summed E-state index contributed by atoms with van der Waals surface area (Å²) in [4.78, 5) is 4.34. The maximum absolute atomic E-state index is 4.59. The minimum absolute atomic E-state index is 0.721. The Morgan fingerprint density at radius 1 is 1.08 bits per heavy atom. The summed E-state index contributed by atoms with van der Waals surface area (Å²) in [7, 11) is 0.